The number of rotatable bonds is 2. The maximum atomic E-state index is 4.51. The molecule has 1 atom stereocenters. The molecule has 3 heterocycles. The van der Waals surface area contributed by atoms with Crippen LogP contribution in [0.25, 0.3) is 5.70 Å². The Labute approximate surface area is 134 Å². The Bertz CT molecular complexity index is 683. The number of pyridine rings is 2. The Morgan fingerprint density at radius 2 is 2.00 bits per heavy atom. The van der Waals surface area contributed by atoms with Crippen molar-refractivity contribution in [3.05, 3.63) is 76.8 Å². The molecular weight excluding hydrogens is 382 g/mol. The third-order valence-corrected chi connectivity index (χ3v) is 4.24. The lowest BCUT2D eigenvalue weighted by atomic mass is 10.1. The van der Waals surface area contributed by atoms with Crippen LogP contribution in [0.4, 0.5) is 0 Å². The van der Waals surface area contributed by atoms with E-state index in [2.05, 4.69) is 47.1 Å². The van der Waals surface area contributed by atoms with Gasteiger partial charge in [-0.2, -0.15) is 0 Å². The number of dihydropyridines is 1. The normalized spacial score (nSPS) is 21.2. The van der Waals surface area contributed by atoms with Gasteiger partial charge in [-0.3, -0.25) is 4.98 Å². The number of hydrogen-bond acceptors (Lipinski definition) is 3. The fourth-order valence-corrected chi connectivity index (χ4v) is 2.92. The average molecular weight is 393 g/mol. The Morgan fingerprint density at radius 3 is 2.75 bits per heavy atom. The Hall–Kier alpha value is -1.46. The van der Waals surface area contributed by atoms with Crippen molar-refractivity contribution < 1.29 is 0 Å². The summed E-state index contributed by atoms with van der Waals surface area (Å²) in [6, 6.07) is 11.7. The third-order valence-electron chi connectivity index (χ3n) is 2.93. The van der Waals surface area contributed by atoms with E-state index in [-0.39, 0.29) is 0 Å². The van der Waals surface area contributed by atoms with Crippen LogP contribution in [-0.4, -0.2) is 9.97 Å². The molecule has 2 aromatic rings. The van der Waals surface area contributed by atoms with Crippen molar-refractivity contribution in [3.63, 3.8) is 0 Å². The number of nitrogens with zero attached hydrogens (tertiary/aromatic N) is 2. The summed E-state index contributed by atoms with van der Waals surface area (Å²) < 4.78 is 0.274. The second-order valence-corrected chi connectivity index (χ2v) is 6.40. The lowest BCUT2D eigenvalue weighted by Gasteiger charge is -2.29. The van der Waals surface area contributed by atoms with Crippen LogP contribution in [0.1, 0.15) is 11.4 Å². The molecule has 3 nitrogen and oxygen atoms in total. The topological polar surface area (TPSA) is 37.8 Å². The highest BCUT2D eigenvalue weighted by molar-refractivity contribution is 9.10. The van der Waals surface area contributed by atoms with Crippen molar-refractivity contribution in [1.82, 2.24) is 15.3 Å². The highest BCUT2D eigenvalue weighted by Crippen LogP contribution is 2.34. The molecule has 5 heteroatoms. The number of alkyl halides is 1. The first-order valence-corrected chi connectivity index (χ1v) is 7.67. The Morgan fingerprint density at radius 1 is 1.10 bits per heavy atom. The van der Waals surface area contributed by atoms with Crippen LogP contribution in [0.5, 0.6) is 0 Å². The van der Waals surface area contributed by atoms with Crippen molar-refractivity contribution in [2.24, 2.45) is 0 Å². The van der Waals surface area contributed by atoms with E-state index in [0.717, 1.165) is 21.7 Å². The Kier molecular flexibility index (Phi) is 3.72. The zero-order valence-electron chi connectivity index (χ0n) is 10.4. The highest BCUT2D eigenvalue weighted by Gasteiger charge is 2.30. The highest BCUT2D eigenvalue weighted by atomic mass is 79.9. The van der Waals surface area contributed by atoms with Gasteiger partial charge in [-0.25, -0.2) is 4.98 Å². The lowest BCUT2D eigenvalue weighted by molar-refractivity contribution is 0.683. The van der Waals surface area contributed by atoms with E-state index < -0.39 is 4.45 Å². The van der Waals surface area contributed by atoms with Crippen LogP contribution in [-0.2, 0) is 4.45 Å². The summed E-state index contributed by atoms with van der Waals surface area (Å²) in [4.78, 5) is 8.87. The van der Waals surface area contributed by atoms with E-state index in [1.165, 1.54) is 0 Å². The minimum atomic E-state index is -0.529. The van der Waals surface area contributed by atoms with E-state index in [9.17, 15) is 0 Å². The van der Waals surface area contributed by atoms with E-state index in [4.69, 9.17) is 0 Å². The van der Waals surface area contributed by atoms with Gasteiger partial charge in [0.2, 0.25) is 0 Å². The van der Waals surface area contributed by atoms with Gasteiger partial charge in [-0.1, -0.05) is 18.2 Å². The predicted molar refractivity (Wildman–Crippen MR) is 87.0 cm³/mol. The fourth-order valence-electron chi connectivity index (χ4n) is 1.99. The summed E-state index contributed by atoms with van der Waals surface area (Å²) in [7, 11) is 0. The summed E-state index contributed by atoms with van der Waals surface area (Å²) in [5.41, 5.74) is 2.73. The fraction of sp³-hybridized carbons (Fsp3) is 0.0667. The molecule has 0 aliphatic carbocycles. The summed E-state index contributed by atoms with van der Waals surface area (Å²) in [6.45, 7) is 0. The molecule has 2 aromatic heterocycles. The number of hydrogen-bond donors (Lipinski definition) is 1. The molecule has 0 fully saturated rings. The molecule has 1 aliphatic heterocycles. The molecule has 0 bridgehead atoms. The van der Waals surface area contributed by atoms with Gasteiger partial charge in [0.15, 0.2) is 4.45 Å². The molecular formula is C15H11Br2N3. The SMILES string of the molecule is Brc1cccc(C2(Br)C=CC=C(c3ccccn3)N2)n1. The van der Waals surface area contributed by atoms with Gasteiger partial charge in [0.1, 0.15) is 4.60 Å². The molecule has 3 rings (SSSR count). The van der Waals surface area contributed by atoms with E-state index in [0.29, 0.717) is 0 Å². The molecule has 0 amide bonds. The van der Waals surface area contributed by atoms with Gasteiger partial charge < -0.3 is 5.32 Å². The molecule has 0 aromatic carbocycles. The van der Waals surface area contributed by atoms with Crippen LogP contribution < -0.4 is 5.32 Å². The lowest BCUT2D eigenvalue weighted by Crippen LogP contribution is -2.36. The van der Waals surface area contributed by atoms with Gasteiger partial charge in [-0.05, 0) is 68.3 Å². The standard InChI is InChI=1S/C15H11Br2N3/c16-14-8-3-7-13(19-14)15(17)9-4-6-12(20-15)11-5-1-2-10-18-11/h1-10,20H. The predicted octanol–water partition coefficient (Wildman–Crippen LogP) is 3.99. The molecule has 1 N–H and O–H groups in total. The largest absolute Gasteiger partial charge is 0.360 e. The number of aromatic nitrogens is 2. The smallest absolute Gasteiger partial charge is 0.155 e. The maximum absolute atomic E-state index is 4.51. The summed E-state index contributed by atoms with van der Waals surface area (Å²) in [5.74, 6) is 0. The van der Waals surface area contributed by atoms with Gasteiger partial charge >= 0.3 is 0 Å². The second kappa shape index (κ2) is 5.50. The van der Waals surface area contributed by atoms with E-state index >= 15 is 0 Å². The minimum absolute atomic E-state index is 0.529. The summed E-state index contributed by atoms with van der Waals surface area (Å²) >= 11 is 7.13. The van der Waals surface area contributed by atoms with Crippen LogP contribution in [0.3, 0.4) is 0 Å². The first kappa shape index (κ1) is 13.5. The van der Waals surface area contributed by atoms with Gasteiger partial charge in [0, 0.05) is 6.20 Å². The molecule has 0 saturated heterocycles. The van der Waals surface area contributed by atoms with Crippen LogP contribution in [0, 0.1) is 0 Å². The third kappa shape index (κ3) is 2.69. The first-order chi connectivity index (χ1) is 9.67. The summed E-state index contributed by atoms with van der Waals surface area (Å²) in [6.07, 6.45) is 7.80. The van der Waals surface area contributed by atoms with Crippen molar-refractivity contribution in [2.75, 3.05) is 0 Å². The first-order valence-electron chi connectivity index (χ1n) is 6.08. The minimum Gasteiger partial charge on any atom is -0.360 e. The molecule has 100 valence electrons. The van der Waals surface area contributed by atoms with Crippen LogP contribution in [0.15, 0.2) is 65.4 Å². The maximum Gasteiger partial charge on any atom is 0.155 e. The van der Waals surface area contributed by atoms with Gasteiger partial charge in [-0.15, -0.1) is 0 Å². The number of nitrogens with one attached hydrogen (secondary N) is 1. The van der Waals surface area contributed by atoms with Crippen molar-refractivity contribution in [3.8, 4) is 0 Å². The molecule has 1 unspecified atom stereocenters. The van der Waals surface area contributed by atoms with Crippen molar-refractivity contribution in [1.29, 1.82) is 0 Å². The van der Waals surface area contributed by atoms with Gasteiger partial charge in [0.05, 0.1) is 17.1 Å². The monoisotopic (exact) mass is 391 g/mol. The van der Waals surface area contributed by atoms with E-state index in [1.807, 2.05) is 54.6 Å². The molecule has 20 heavy (non-hydrogen) atoms. The average Bonchev–Trinajstić information content (AvgIpc) is 2.48. The van der Waals surface area contributed by atoms with Crippen LogP contribution in [0.2, 0.25) is 0 Å². The summed E-state index contributed by atoms with van der Waals surface area (Å²) in [5, 5.41) is 3.43. The molecule has 0 spiro atoms. The zero-order chi connectivity index (χ0) is 14.0. The number of allylic oxidation sites excluding steroid dienone is 2. The van der Waals surface area contributed by atoms with Crippen molar-refractivity contribution >= 4 is 37.6 Å². The van der Waals surface area contributed by atoms with Crippen LogP contribution >= 0.6 is 31.9 Å². The molecule has 1 aliphatic rings. The quantitative estimate of drug-likeness (QED) is 0.477. The zero-order valence-corrected chi connectivity index (χ0v) is 13.6. The molecule has 0 radical (unpaired) electrons. The molecule has 0 saturated carbocycles. The Balaban J connectivity index is 1.95. The van der Waals surface area contributed by atoms with Gasteiger partial charge in [0.25, 0.3) is 0 Å². The van der Waals surface area contributed by atoms with E-state index in [1.54, 1.807) is 6.20 Å². The second-order valence-electron chi connectivity index (χ2n) is 4.34. The number of halogens is 2. The van der Waals surface area contributed by atoms with Crippen molar-refractivity contribution in [2.45, 2.75) is 4.45 Å².